The molecule has 1 aromatic rings. The van der Waals surface area contributed by atoms with E-state index in [0.717, 1.165) is 0 Å². The van der Waals surface area contributed by atoms with Gasteiger partial charge in [0, 0.05) is 5.92 Å². The number of carbonyl (C=O) groups excluding carboxylic acids is 1. The first kappa shape index (κ1) is 11.6. The Kier molecular flexibility index (Phi) is 3.13. The van der Waals surface area contributed by atoms with E-state index in [4.69, 9.17) is 5.11 Å². The van der Waals surface area contributed by atoms with Crippen molar-refractivity contribution in [1.29, 1.82) is 0 Å². The Morgan fingerprint density at radius 3 is 2.29 bits per heavy atom. The monoisotopic (exact) mass is 233 g/mol. The molecule has 0 heterocycles. The molecule has 17 heavy (non-hydrogen) atoms. The zero-order valence-corrected chi connectivity index (χ0v) is 9.64. The highest BCUT2D eigenvalue weighted by atomic mass is 16.4. The minimum atomic E-state index is -1.01. The second-order valence-electron chi connectivity index (χ2n) is 4.44. The number of benzene rings is 1. The molecule has 0 aliphatic heterocycles. The summed E-state index contributed by atoms with van der Waals surface area (Å²) in [6.45, 7) is 1.47. The molecule has 1 amide bonds. The van der Waals surface area contributed by atoms with Gasteiger partial charge >= 0.3 is 5.97 Å². The van der Waals surface area contributed by atoms with Crippen LogP contribution in [-0.4, -0.2) is 23.0 Å². The highest BCUT2D eigenvalue weighted by molar-refractivity contribution is 5.85. The molecule has 2 rings (SSSR count). The number of rotatable bonds is 3. The van der Waals surface area contributed by atoms with Crippen LogP contribution in [0.2, 0.25) is 0 Å². The van der Waals surface area contributed by atoms with Crippen LogP contribution < -0.4 is 5.32 Å². The molecule has 0 spiro atoms. The van der Waals surface area contributed by atoms with Gasteiger partial charge in [0.15, 0.2) is 0 Å². The van der Waals surface area contributed by atoms with Gasteiger partial charge in [-0.1, -0.05) is 24.3 Å². The van der Waals surface area contributed by atoms with E-state index in [-0.39, 0.29) is 11.8 Å². The SMILES string of the molecule is C[C@@H](NC(=O)C1Cc2ccccc2C1)C(=O)O. The van der Waals surface area contributed by atoms with E-state index < -0.39 is 12.0 Å². The van der Waals surface area contributed by atoms with Crippen molar-refractivity contribution >= 4 is 11.9 Å². The van der Waals surface area contributed by atoms with Crippen molar-refractivity contribution in [3.8, 4) is 0 Å². The number of hydrogen-bond acceptors (Lipinski definition) is 2. The summed E-state index contributed by atoms with van der Waals surface area (Å²) in [5, 5.41) is 11.3. The quantitative estimate of drug-likeness (QED) is 0.818. The van der Waals surface area contributed by atoms with Crippen molar-refractivity contribution in [2.24, 2.45) is 5.92 Å². The molecule has 1 aliphatic rings. The van der Waals surface area contributed by atoms with Gasteiger partial charge in [-0.05, 0) is 30.9 Å². The molecule has 90 valence electrons. The summed E-state index contributed by atoms with van der Waals surface area (Å²) in [5.74, 6) is -1.31. The molecule has 1 aromatic carbocycles. The summed E-state index contributed by atoms with van der Waals surface area (Å²) in [6, 6.07) is 7.12. The average Bonchev–Trinajstić information content (AvgIpc) is 2.72. The largest absolute Gasteiger partial charge is 0.480 e. The lowest BCUT2D eigenvalue weighted by molar-refractivity contribution is -0.141. The topological polar surface area (TPSA) is 66.4 Å². The molecule has 0 saturated carbocycles. The van der Waals surface area contributed by atoms with Crippen LogP contribution in [0.15, 0.2) is 24.3 Å². The van der Waals surface area contributed by atoms with Crippen molar-refractivity contribution < 1.29 is 14.7 Å². The number of nitrogens with one attached hydrogen (secondary N) is 1. The van der Waals surface area contributed by atoms with Crippen molar-refractivity contribution in [2.45, 2.75) is 25.8 Å². The standard InChI is InChI=1S/C13H15NO3/c1-8(13(16)17)14-12(15)11-6-9-4-2-3-5-10(9)7-11/h2-5,8,11H,6-7H2,1H3,(H,14,15)(H,16,17)/t8-/m1/s1. The Labute approximate surface area is 99.6 Å². The molecule has 1 atom stereocenters. The summed E-state index contributed by atoms with van der Waals surface area (Å²) in [7, 11) is 0. The van der Waals surface area contributed by atoms with Crippen LogP contribution >= 0.6 is 0 Å². The van der Waals surface area contributed by atoms with Crippen molar-refractivity contribution in [3.05, 3.63) is 35.4 Å². The third kappa shape index (κ3) is 2.46. The molecule has 0 fully saturated rings. The molecule has 1 aliphatic carbocycles. The Morgan fingerprint density at radius 1 is 1.29 bits per heavy atom. The fourth-order valence-corrected chi connectivity index (χ4v) is 2.14. The van der Waals surface area contributed by atoms with E-state index in [1.165, 1.54) is 18.1 Å². The Bertz CT molecular complexity index is 431. The van der Waals surface area contributed by atoms with E-state index in [2.05, 4.69) is 5.32 Å². The van der Waals surface area contributed by atoms with Crippen molar-refractivity contribution in [2.75, 3.05) is 0 Å². The van der Waals surface area contributed by atoms with Gasteiger partial charge in [0.25, 0.3) is 0 Å². The number of carboxylic acids is 1. The van der Waals surface area contributed by atoms with Crippen molar-refractivity contribution in [1.82, 2.24) is 5.32 Å². The van der Waals surface area contributed by atoms with Gasteiger partial charge < -0.3 is 10.4 Å². The summed E-state index contributed by atoms with van der Waals surface area (Å²) < 4.78 is 0. The van der Waals surface area contributed by atoms with Crippen LogP contribution in [-0.2, 0) is 22.4 Å². The predicted molar refractivity (Wildman–Crippen MR) is 62.6 cm³/mol. The fourth-order valence-electron chi connectivity index (χ4n) is 2.14. The minimum Gasteiger partial charge on any atom is -0.480 e. The third-order valence-electron chi connectivity index (χ3n) is 3.15. The van der Waals surface area contributed by atoms with Crippen LogP contribution in [0.25, 0.3) is 0 Å². The molecule has 0 bridgehead atoms. The van der Waals surface area contributed by atoms with Crippen molar-refractivity contribution in [3.63, 3.8) is 0 Å². The summed E-state index contributed by atoms with van der Waals surface area (Å²) in [5.41, 5.74) is 2.38. The highest BCUT2D eigenvalue weighted by Gasteiger charge is 2.28. The molecule has 0 saturated heterocycles. The highest BCUT2D eigenvalue weighted by Crippen LogP contribution is 2.26. The lowest BCUT2D eigenvalue weighted by Gasteiger charge is -2.13. The number of carboxylic acid groups (broad SMARTS) is 1. The first-order valence-electron chi connectivity index (χ1n) is 5.68. The maximum atomic E-state index is 11.9. The smallest absolute Gasteiger partial charge is 0.325 e. The molecule has 0 aromatic heterocycles. The zero-order chi connectivity index (χ0) is 12.4. The second kappa shape index (κ2) is 4.57. The van der Waals surface area contributed by atoms with E-state index in [1.54, 1.807) is 0 Å². The number of carbonyl (C=O) groups is 2. The fraction of sp³-hybridized carbons (Fsp3) is 0.385. The number of aliphatic carboxylic acids is 1. The van der Waals surface area contributed by atoms with Crippen LogP contribution in [0.5, 0.6) is 0 Å². The molecule has 2 N–H and O–H groups in total. The number of amides is 1. The van der Waals surface area contributed by atoms with Crippen LogP contribution in [0.3, 0.4) is 0 Å². The second-order valence-corrected chi connectivity index (χ2v) is 4.44. The van der Waals surface area contributed by atoms with Crippen LogP contribution in [0.1, 0.15) is 18.1 Å². The summed E-state index contributed by atoms with van der Waals surface area (Å²) in [4.78, 5) is 22.5. The summed E-state index contributed by atoms with van der Waals surface area (Å²) in [6.07, 6.45) is 1.41. The van der Waals surface area contributed by atoms with Gasteiger partial charge in [0.05, 0.1) is 0 Å². The molecule has 0 unspecified atom stereocenters. The van der Waals surface area contributed by atoms with E-state index >= 15 is 0 Å². The van der Waals surface area contributed by atoms with E-state index in [0.29, 0.717) is 12.8 Å². The van der Waals surface area contributed by atoms with Gasteiger partial charge in [-0.3, -0.25) is 9.59 Å². The first-order chi connectivity index (χ1) is 8.08. The Balaban J connectivity index is 1.99. The zero-order valence-electron chi connectivity index (χ0n) is 9.64. The average molecular weight is 233 g/mol. The molecule has 4 nitrogen and oxygen atoms in total. The third-order valence-corrected chi connectivity index (χ3v) is 3.15. The van der Waals surface area contributed by atoms with Gasteiger partial charge in [0.2, 0.25) is 5.91 Å². The lowest BCUT2D eigenvalue weighted by atomic mass is 10.1. The van der Waals surface area contributed by atoms with Gasteiger partial charge in [-0.2, -0.15) is 0 Å². The van der Waals surface area contributed by atoms with Gasteiger partial charge in [0.1, 0.15) is 6.04 Å². The normalized spacial score (nSPS) is 16.3. The number of hydrogen-bond donors (Lipinski definition) is 2. The summed E-state index contributed by atoms with van der Waals surface area (Å²) >= 11 is 0. The Hall–Kier alpha value is -1.84. The van der Waals surface area contributed by atoms with Gasteiger partial charge in [-0.25, -0.2) is 0 Å². The maximum absolute atomic E-state index is 11.9. The van der Waals surface area contributed by atoms with Crippen LogP contribution in [0.4, 0.5) is 0 Å². The van der Waals surface area contributed by atoms with Gasteiger partial charge in [-0.15, -0.1) is 0 Å². The van der Waals surface area contributed by atoms with E-state index in [1.807, 2.05) is 24.3 Å². The lowest BCUT2D eigenvalue weighted by Crippen LogP contribution is -2.41. The molecular formula is C13H15NO3. The molecule has 4 heteroatoms. The molecule has 0 radical (unpaired) electrons. The Morgan fingerprint density at radius 2 is 1.82 bits per heavy atom. The maximum Gasteiger partial charge on any atom is 0.325 e. The predicted octanol–water partition coefficient (Wildman–Crippen LogP) is 0.991. The van der Waals surface area contributed by atoms with E-state index in [9.17, 15) is 9.59 Å². The number of fused-ring (bicyclic) bond motifs is 1. The minimum absolute atomic E-state index is 0.130. The van der Waals surface area contributed by atoms with Crippen LogP contribution in [0, 0.1) is 5.92 Å². The molecular weight excluding hydrogens is 218 g/mol. The first-order valence-corrected chi connectivity index (χ1v) is 5.68.